The minimum absolute atomic E-state index is 0.538. The maximum absolute atomic E-state index is 13.0. The van der Waals surface area contributed by atoms with Crippen LogP contribution in [0.1, 0.15) is 28.0 Å². The molecule has 0 aliphatic rings. The third-order valence-corrected chi connectivity index (χ3v) is 1.74. The summed E-state index contributed by atoms with van der Waals surface area (Å²) in [5, 5.41) is 6.98. The number of nitrogens with zero attached hydrogens (tertiary/aromatic N) is 2. The summed E-state index contributed by atoms with van der Waals surface area (Å²) < 4.78 is 37.7. The van der Waals surface area contributed by atoms with E-state index in [2.05, 4.69) is 4.98 Å². The van der Waals surface area contributed by atoms with E-state index in [9.17, 15) is 18.0 Å². The molecule has 0 N–H and O–H groups in total. The van der Waals surface area contributed by atoms with E-state index >= 15 is 0 Å². The first kappa shape index (κ1) is 11.5. The highest BCUT2D eigenvalue weighted by atomic mass is 35.5. The van der Waals surface area contributed by atoms with Crippen molar-refractivity contribution in [3.05, 3.63) is 28.8 Å². The zero-order valence-electron chi connectivity index (χ0n) is 6.97. The van der Waals surface area contributed by atoms with E-state index in [1.165, 1.54) is 6.07 Å². The zero-order chi connectivity index (χ0) is 11.6. The lowest BCUT2D eigenvalue weighted by molar-refractivity contribution is 0.106. The molecule has 1 heterocycles. The fraction of sp³-hybridized carbons (Fsp3) is 0.125. The first-order chi connectivity index (χ1) is 6.97. The fourth-order valence-corrected chi connectivity index (χ4v) is 1.14. The van der Waals surface area contributed by atoms with Crippen molar-refractivity contribution in [2.75, 3.05) is 0 Å². The van der Waals surface area contributed by atoms with Crippen molar-refractivity contribution in [2.45, 2.75) is 6.43 Å². The van der Waals surface area contributed by atoms with E-state index in [-0.39, 0.29) is 0 Å². The first-order valence-corrected chi connectivity index (χ1v) is 3.93. The smallest absolute Gasteiger partial charge is 0.264 e. The van der Waals surface area contributed by atoms with Gasteiger partial charge < -0.3 is 0 Å². The third-order valence-electron chi connectivity index (χ3n) is 1.55. The summed E-state index contributed by atoms with van der Waals surface area (Å²) in [7, 11) is 0. The van der Waals surface area contributed by atoms with Crippen LogP contribution in [0.4, 0.5) is 13.2 Å². The quantitative estimate of drug-likeness (QED) is 0.583. The number of halogens is 4. The Morgan fingerprint density at radius 2 is 2.20 bits per heavy atom. The number of alkyl halides is 2. The highest BCUT2D eigenvalue weighted by Crippen LogP contribution is 2.26. The largest absolute Gasteiger partial charge is 0.275 e. The van der Waals surface area contributed by atoms with Gasteiger partial charge in [-0.25, -0.2) is 13.8 Å². The van der Waals surface area contributed by atoms with Crippen LogP contribution >= 0.6 is 11.6 Å². The molecule has 0 bridgehead atoms. The second-order valence-corrected chi connectivity index (χ2v) is 2.79. The Balaban J connectivity index is 3.51. The molecule has 0 saturated carbocycles. The molecule has 0 aromatic carbocycles. The molecule has 1 rings (SSSR count). The molecule has 0 spiro atoms. The summed E-state index contributed by atoms with van der Waals surface area (Å²) in [5.41, 5.74) is -2.46. The van der Waals surface area contributed by atoms with E-state index < -0.39 is 34.4 Å². The molecule has 0 fully saturated rings. The van der Waals surface area contributed by atoms with Crippen molar-refractivity contribution in [3.8, 4) is 6.07 Å². The molecule has 0 radical (unpaired) electrons. The molecule has 3 nitrogen and oxygen atoms in total. The molecule has 0 unspecified atom stereocenters. The van der Waals surface area contributed by atoms with Crippen LogP contribution in [-0.2, 0) is 0 Å². The number of pyridine rings is 1. The maximum Gasteiger partial charge on any atom is 0.264 e. The molecular formula is C8H2ClF3N2O. The van der Waals surface area contributed by atoms with Crippen LogP contribution < -0.4 is 0 Å². The van der Waals surface area contributed by atoms with E-state index in [4.69, 9.17) is 16.9 Å². The Bertz CT molecular complexity index is 456. The van der Waals surface area contributed by atoms with E-state index in [1.54, 1.807) is 0 Å². The summed E-state index contributed by atoms with van der Waals surface area (Å²) in [6, 6.07) is 2.02. The lowest BCUT2D eigenvalue weighted by atomic mass is 10.1. The predicted octanol–water partition coefficient (Wildman–Crippen LogP) is 2.41. The first-order valence-electron chi connectivity index (χ1n) is 3.56. The van der Waals surface area contributed by atoms with Gasteiger partial charge in [0.25, 0.3) is 11.7 Å². The number of rotatable bonds is 2. The molecule has 0 atom stereocenters. The number of carbonyl (C=O) groups is 1. The zero-order valence-corrected chi connectivity index (χ0v) is 7.73. The fourth-order valence-electron chi connectivity index (χ4n) is 0.956. The monoisotopic (exact) mass is 234 g/mol. The van der Waals surface area contributed by atoms with Crippen molar-refractivity contribution in [1.82, 2.24) is 4.98 Å². The molecule has 1 aromatic heterocycles. The van der Waals surface area contributed by atoms with Gasteiger partial charge in [-0.05, 0) is 17.7 Å². The van der Waals surface area contributed by atoms with Gasteiger partial charge >= 0.3 is 0 Å². The lowest BCUT2D eigenvalue weighted by Crippen LogP contribution is -2.06. The summed E-state index contributed by atoms with van der Waals surface area (Å²) in [5.74, 6) is -1.47. The molecule has 0 aliphatic heterocycles. The second-order valence-electron chi connectivity index (χ2n) is 2.45. The van der Waals surface area contributed by atoms with Crippen molar-refractivity contribution >= 4 is 16.8 Å². The van der Waals surface area contributed by atoms with Gasteiger partial charge in [-0.2, -0.15) is 9.65 Å². The molecule has 7 heteroatoms. The van der Waals surface area contributed by atoms with Gasteiger partial charge in [0.05, 0.1) is 5.56 Å². The summed E-state index contributed by atoms with van der Waals surface area (Å²) in [4.78, 5) is 13.6. The normalized spacial score (nSPS) is 10.1. The van der Waals surface area contributed by atoms with Crippen LogP contribution in [0.3, 0.4) is 0 Å². The predicted molar refractivity (Wildman–Crippen MR) is 44.1 cm³/mol. The number of carbonyl (C=O) groups excluding carboxylic acids is 1. The van der Waals surface area contributed by atoms with Crippen molar-refractivity contribution in [1.29, 1.82) is 5.26 Å². The van der Waals surface area contributed by atoms with E-state index in [0.29, 0.717) is 6.07 Å². The van der Waals surface area contributed by atoms with Gasteiger partial charge in [0, 0.05) is 5.56 Å². The highest BCUT2D eigenvalue weighted by Gasteiger charge is 2.23. The van der Waals surface area contributed by atoms with Crippen LogP contribution in [-0.4, -0.2) is 10.2 Å². The summed E-state index contributed by atoms with van der Waals surface area (Å²) >= 11 is 4.92. The van der Waals surface area contributed by atoms with Crippen LogP contribution in [0.25, 0.3) is 0 Å². The SMILES string of the molecule is N#Cc1cc(C(F)F)c(C(=O)Cl)c(F)n1. The number of hydrogen-bond acceptors (Lipinski definition) is 3. The van der Waals surface area contributed by atoms with Gasteiger partial charge in [-0.3, -0.25) is 4.79 Å². The Kier molecular flexibility index (Phi) is 3.27. The van der Waals surface area contributed by atoms with Crippen molar-refractivity contribution in [3.63, 3.8) is 0 Å². The number of hydrogen-bond donors (Lipinski definition) is 0. The van der Waals surface area contributed by atoms with Gasteiger partial charge in [0.2, 0.25) is 5.95 Å². The van der Waals surface area contributed by atoms with Crippen LogP contribution in [0.15, 0.2) is 6.07 Å². The van der Waals surface area contributed by atoms with Crippen LogP contribution in [0, 0.1) is 17.3 Å². The molecular weight excluding hydrogens is 233 g/mol. The Labute approximate surface area is 87.1 Å². The Morgan fingerprint density at radius 3 is 2.60 bits per heavy atom. The Morgan fingerprint density at radius 1 is 1.60 bits per heavy atom. The van der Waals surface area contributed by atoms with Crippen molar-refractivity contribution < 1.29 is 18.0 Å². The highest BCUT2D eigenvalue weighted by molar-refractivity contribution is 6.67. The summed E-state index contributed by atoms with van der Waals surface area (Å²) in [6.07, 6.45) is -3.10. The topological polar surface area (TPSA) is 53.8 Å². The molecule has 0 saturated heterocycles. The number of nitriles is 1. The standard InChI is InChI=1S/C8H2ClF3N2O/c9-6(15)5-4(7(10)11)1-3(2-13)14-8(5)12/h1,7H. The lowest BCUT2D eigenvalue weighted by Gasteiger charge is -2.05. The minimum atomic E-state index is -3.10. The van der Waals surface area contributed by atoms with E-state index in [0.717, 1.165) is 0 Å². The second kappa shape index (κ2) is 4.28. The van der Waals surface area contributed by atoms with Crippen LogP contribution in [0.5, 0.6) is 0 Å². The third kappa shape index (κ3) is 2.25. The summed E-state index contributed by atoms with van der Waals surface area (Å²) in [6.45, 7) is 0. The van der Waals surface area contributed by atoms with Crippen LogP contribution in [0.2, 0.25) is 0 Å². The Hall–Kier alpha value is -1.61. The van der Waals surface area contributed by atoms with E-state index in [1.807, 2.05) is 0 Å². The molecule has 1 aromatic rings. The number of aromatic nitrogens is 1. The average Bonchev–Trinajstić information content (AvgIpc) is 2.15. The average molecular weight is 235 g/mol. The molecule has 0 aliphatic carbocycles. The van der Waals surface area contributed by atoms with Gasteiger partial charge in [0.1, 0.15) is 11.8 Å². The van der Waals surface area contributed by atoms with Gasteiger partial charge in [-0.15, -0.1) is 0 Å². The van der Waals surface area contributed by atoms with Gasteiger partial charge in [0.15, 0.2) is 0 Å². The minimum Gasteiger partial charge on any atom is -0.275 e. The molecule has 15 heavy (non-hydrogen) atoms. The molecule has 0 amide bonds. The van der Waals surface area contributed by atoms with Gasteiger partial charge in [-0.1, -0.05) is 0 Å². The maximum atomic E-state index is 13.0. The van der Waals surface area contributed by atoms with Crippen molar-refractivity contribution in [2.24, 2.45) is 0 Å². The molecule has 78 valence electrons.